The average Bonchev–Trinajstić information content (AvgIpc) is 2.68. The van der Waals surface area contributed by atoms with Crippen LogP contribution in [0.1, 0.15) is 38.4 Å². The minimum absolute atomic E-state index is 0.0331. The minimum Gasteiger partial charge on any atom is -0.469 e. The smallest absolute Gasteiger partial charge is 0.306 e. The van der Waals surface area contributed by atoms with Gasteiger partial charge in [-0.1, -0.05) is 0 Å². The van der Waals surface area contributed by atoms with Gasteiger partial charge in [0.05, 0.1) is 19.3 Å². The molecule has 0 unspecified atom stereocenters. The molecule has 16 heavy (non-hydrogen) atoms. The van der Waals surface area contributed by atoms with E-state index in [0.29, 0.717) is 18.8 Å². The van der Waals surface area contributed by atoms with Gasteiger partial charge in [0.2, 0.25) is 0 Å². The zero-order valence-electron chi connectivity index (χ0n) is 9.56. The Morgan fingerprint density at radius 1 is 1.44 bits per heavy atom. The molecule has 4 nitrogen and oxygen atoms in total. The van der Waals surface area contributed by atoms with Crippen LogP contribution in [0.5, 0.6) is 0 Å². The van der Waals surface area contributed by atoms with Crippen molar-refractivity contribution in [3.05, 3.63) is 24.2 Å². The Bertz CT molecular complexity index is 340. The number of furan rings is 1. The van der Waals surface area contributed by atoms with Gasteiger partial charge in [-0.05, 0) is 26.0 Å². The zero-order valence-corrected chi connectivity index (χ0v) is 9.56. The lowest BCUT2D eigenvalue weighted by molar-refractivity contribution is -0.143. The molecule has 0 N–H and O–H groups in total. The van der Waals surface area contributed by atoms with Crippen molar-refractivity contribution in [1.29, 1.82) is 0 Å². The molecule has 1 aromatic rings. The average molecular weight is 224 g/mol. The van der Waals surface area contributed by atoms with Crippen LogP contribution in [0.2, 0.25) is 0 Å². The summed E-state index contributed by atoms with van der Waals surface area (Å²) in [6.07, 6.45) is 2.01. The van der Waals surface area contributed by atoms with Gasteiger partial charge >= 0.3 is 5.97 Å². The molecule has 88 valence electrons. The highest BCUT2D eigenvalue weighted by atomic mass is 16.5. The Labute approximate surface area is 94.6 Å². The summed E-state index contributed by atoms with van der Waals surface area (Å²) in [4.78, 5) is 22.4. The van der Waals surface area contributed by atoms with E-state index in [2.05, 4.69) is 0 Å². The fourth-order valence-electron chi connectivity index (χ4n) is 1.57. The van der Waals surface area contributed by atoms with Crippen LogP contribution in [0, 0.1) is 0 Å². The van der Waals surface area contributed by atoms with Gasteiger partial charge in [0.15, 0.2) is 0 Å². The summed E-state index contributed by atoms with van der Waals surface area (Å²) < 4.78 is 10.1. The molecule has 0 bridgehead atoms. The van der Waals surface area contributed by atoms with Crippen LogP contribution in [-0.2, 0) is 14.3 Å². The molecular formula is C12H16O4. The molecule has 0 aliphatic heterocycles. The number of carbonyl (C=O) groups excluding carboxylic acids is 2. The van der Waals surface area contributed by atoms with Gasteiger partial charge < -0.3 is 13.9 Å². The second-order valence-corrected chi connectivity index (χ2v) is 3.63. The Balaban J connectivity index is 2.65. The highest BCUT2D eigenvalue weighted by Crippen LogP contribution is 2.24. The van der Waals surface area contributed by atoms with E-state index in [1.807, 2.05) is 0 Å². The van der Waals surface area contributed by atoms with E-state index in [1.165, 1.54) is 13.2 Å². The van der Waals surface area contributed by atoms with Gasteiger partial charge in [-0.2, -0.15) is 0 Å². The normalized spacial score (nSPS) is 12.1. The van der Waals surface area contributed by atoms with E-state index in [-0.39, 0.29) is 24.1 Å². The molecule has 0 aromatic carbocycles. The lowest BCUT2D eigenvalue weighted by Gasteiger charge is -2.11. The van der Waals surface area contributed by atoms with E-state index < -0.39 is 0 Å². The highest BCUT2D eigenvalue weighted by molar-refractivity contribution is 5.78. The van der Waals surface area contributed by atoms with Gasteiger partial charge in [-0.25, -0.2) is 0 Å². The Kier molecular flexibility index (Phi) is 4.76. The number of hydrogen-bond donors (Lipinski definition) is 0. The molecule has 0 aliphatic rings. The summed E-state index contributed by atoms with van der Waals surface area (Å²) >= 11 is 0. The Morgan fingerprint density at radius 3 is 2.69 bits per heavy atom. The Morgan fingerprint density at radius 2 is 2.19 bits per heavy atom. The molecule has 1 atom stereocenters. The molecule has 0 radical (unpaired) electrons. The highest BCUT2D eigenvalue weighted by Gasteiger charge is 2.20. The molecule has 0 spiro atoms. The molecule has 0 amide bonds. The second kappa shape index (κ2) is 6.10. The van der Waals surface area contributed by atoms with Crippen molar-refractivity contribution in [2.24, 2.45) is 0 Å². The summed E-state index contributed by atoms with van der Waals surface area (Å²) in [5, 5.41) is 0. The second-order valence-electron chi connectivity index (χ2n) is 3.63. The van der Waals surface area contributed by atoms with Crippen LogP contribution in [0.4, 0.5) is 0 Å². The third kappa shape index (κ3) is 3.88. The van der Waals surface area contributed by atoms with Gasteiger partial charge in [0.1, 0.15) is 11.5 Å². The maximum absolute atomic E-state index is 11.4. The summed E-state index contributed by atoms with van der Waals surface area (Å²) in [5.41, 5.74) is 0. The van der Waals surface area contributed by atoms with Crippen molar-refractivity contribution < 1.29 is 18.7 Å². The Hall–Kier alpha value is -1.58. The van der Waals surface area contributed by atoms with E-state index in [4.69, 9.17) is 9.15 Å². The van der Waals surface area contributed by atoms with Gasteiger partial charge in [-0.15, -0.1) is 0 Å². The maximum atomic E-state index is 11.4. The number of rotatable bonds is 6. The third-order valence-electron chi connectivity index (χ3n) is 2.20. The first-order valence-electron chi connectivity index (χ1n) is 5.32. The summed E-state index contributed by atoms with van der Waals surface area (Å²) in [5.74, 6) is 0.172. The number of ketones is 1. The van der Waals surface area contributed by atoms with Crippen molar-refractivity contribution in [2.45, 2.75) is 32.6 Å². The SMILES string of the molecule is CCOC(=O)C[C@@H](CC(C)=O)c1ccco1. The van der Waals surface area contributed by atoms with Crippen LogP contribution < -0.4 is 0 Å². The number of carbonyl (C=O) groups is 2. The van der Waals surface area contributed by atoms with E-state index in [9.17, 15) is 9.59 Å². The van der Waals surface area contributed by atoms with Crippen LogP contribution in [0.15, 0.2) is 22.8 Å². The minimum atomic E-state index is -0.301. The van der Waals surface area contributed by atoms with Crippen molar-refractivity contribution in [3.8, 4) is 0 Å². The van der Waals surface area contributed by atoms with Crippen LogP contribution >= 0.6 is 0 Å². The molecule has 0 saturated heterocycles. The quantitative estimate of drug-likeness (QED) is 0.696. The van der Waals surface area contributed by atoms with Crippen molar-refractivity contribution in [1.82, 2.24) is 0 Å². The number of ether oxygens (including phenoxy) is 1. The van der Waals surface area contributed by atoms with Crippen LogP contribution in [-0.4, -0.2) is 18.4 Å². The van der Waals surface area contributed by atoms with Gasteiger partial charge in [0, 0.05) is 12.3 Å². The van der Waals surface area contributed by atoms with Gasteiger partial charge in [-0.3, -0.25) is 4.79 Å². The zero-order chi connectivity index (χ0) is 12.0. The fourth-order valence-corrected chi connectivity index (χ4v) is 1.57. The maximum Gasteiger partial charge on any atom is 0.306 e. The molecule has 0 saturated carbocycles. The number of hydrogen-bond acceptors (Lipinski definition) is 4. The summed E-state index contributed by atoms with van der Waals surface area (Å²) in [6.45, 7) is 3.61. The van der Waals surface area contributed by atoms with E-state index >= 15 is 0 Å². The number of Topliss-reactive ketones (excluding diaryl/α,β-unsaturated/α-hetero) is 1. The topological polar surface area (TPSA) is 56.5 Å². The molecule has 0 aliphatic carbocycles. The van der Waals surface area contributed by atoms with E-state index in [0.717, 1.165) is 0 Å². The number of esters is 1. The first kappa shape index (κ1) is 12.5. The molecular weight excluding hydrogens is 208 g/mol. The molecule has 0 fully saturated rings. The van der Waals surface area contributed by atoms with Crippen LogP contribution in [0.25, 0.3) is 0 Å². The standard InChI is InChI=1S/C12H16O4/c1-3-15-12(14)8-10(7-9(2)13)11-5-4-6-16-11/h4-6,10H,3,7-8H2,1-2H3/t10-/m1/s1. The first-order chi connectivity index (χ1) is 7.63. The fraction of sp³-hybridized carbons (Fsp3) is 0.500. The van der Waals surface area contributed by atoms with E-state index in [1.54, 1.807) is 19.1 Å². The molecule has 4 heteroatoms. The third-order valence-corrected chi connectivity index (χ3v) is 2.20. The van der Waals surface area contributed by atoms with Crippen molar-refractivity contribution in [3.63, 3.8) is 0 Å². The summed E-state index contributed by atoms with van der Waals surface area (Å²) in [6, 6.07) is 3.51. The van der Waals surface area contributed by atoms with Crippen LogP contribution in [0.3, 0.4) is 0 Å². The molecule has 1 aromatic heterocycles. The molecule has 1 heterocycles. The predicted octanol–water partition coefficient (Wildman–Crippen LogP) is 2.30. The lowest BCUT2D eigenvalue weighted by Crippen LogP contribution is -2.12. The van der Waals surface area contributed by atoms with Gasteiger partial charge in [0.25, 0.3) is 0 Å². The monoisotopic (exact) mass is 224 g/mol. The predicted molar refractivity (Wildman–Crippen MR) is 58.0 cm³/mol. The largest absolute Gasteiger partial charge is 0.469 e. The van der Waals surface area contributed by atoms with Crippen molar-refractivity contribution >= 4 is 11.8 Å². The lowest BCUT2D eigenvalue weighted by atomic mass is 9.96. The first-order valence-corrected chi connectivity index (χ1v) is 5.32. The molecule has 1 rings (SSSR count). The van der Waals surface area contributed by atoms with Crippen molar-refractivity contribution in [2.75, 3.05) is 6.61 Å². The summed E-state index contributed by atoms with van der Waals surface area (Å²) in [7, 11) is 0.